The number of halogens is 1. The quantitative estimate of drug-likeness (QED) is 0.664. The molecule has 2 aromatic rings. The maximum absolute atomic E-state index is 10.9. The van der Waals surface area contributed by atoms with E-state index in [4.69, 9.17) is 0 Å². The highest BCUT2D eigenvalue weighted by molar-refractivity contribution is 9.10. The Balaban J connectivity index is 2.13. The number of nitro groups is 1. The number of aromatic nitrogens is 2. The van der Waals surface area contributed by atoms with Gasteiger partial charge in [-0.25, -0.2) is 4.98 Å². The molecule has 0 aliphatic heterocycles. The second-order valence-electron chi connectivity index (χ2n) is 3.92. The van der Waals surface area contributed by atoms with E-state index in [1.807, 2.05) is 12.3 Å². The first-order valence-corrected chi connectivity index (χ1v) is 7.18. The van der Waals surface area contributed by atoms with Gasteiger partial charge in [-0.1, -0.05) is 6.92 Å². The molecule has 0 aliphatic carbocycles. The van der Waals surface area contributed by atoms with E-state index in [-0.39, 0.29) is 11.6 Å². The van der Waals surface area contributed by atoms with Gasteiger partial charge in [-0.2, -0.15) is 0 Å². The van der Waals surface area contributed by atoms with Gasteiger partial charge in [0.1, 0.15) is 11.9 Å². The van der Waals surface area contributed by atoms with Crippen LogP contribution in [-0.4, -0.2) is 21.4 Å². The van der Waals surface area contributed by atoms with Gasteiger partial charge in [0.2, 0.25) is 0 Å². The van der Waals surface area contributed by atoms with Gasteiger partial charge in [0.15, 0.2) is 0 Å². The van der Waals surface area contributed by atoms with Gasteiger partial charge in [0.05, 0.1) is 14.4 Å². The summed E-state index contributed by atoms with van der Waals surface area (Å²) in [6.45, 7) is 2.59. The van der Waals surface area contributed by atoms with Crippen LogP contribution in [0.15, 0.2) is 28.4 Å². The summed E-state index contributed by atoms with van der Waals surface area (Å²) < 4.78 is 0.577. The average Bonchev–Trinajstić information content (AvgIpc) is 2.90. The number of hydrogen-bond acceptors (Lipinski definition) is 6. The number of nitrogens with zero attached hydrogens (tertiary/aromatic N) is 3. The van der Waals surface area contributed by atoms with Crippen molar-refractivity contribution in [1.29, 1.82) is 0 Å². The first-order chi connectivity index (χ1) is 9.09. The first kappa shape index (κ1) is 13.9. The van der Waals surface area contributed by atoms with Crippen LogP contribution in [0, 0.1) is 10.1 Å². The SMILES string of the molecule is CC(CNc1c(Br)cncc1[N+](=O)[O-])c1nccs1. The molecule has 19 heavy (non-hydrogen) atoms. The molecule has 0 aliphatic rings. The van der Waals surface area contributed by atoms with E-state index in [0.717, 1.165) is 5.01 Å². The third-order valence-electron chi connectivity index (χ3n) is 2.53. The van der Waals surface area contributed by atoms with Crippen LogP contribution in [0.5, 0.6) is 0 Å². The van der Waals surface area contributed by atoms with Crippen molar-refractivity contribution in [2.75, 3.05) is 11.9 Å². The van der Waals surface area contributed by atoms with Gasteiger partial charge < -0.3 is 5.32 Å². The van der Waals surface area contributed by atoms with Crippen LogP contribution in [0.3, 0.4) is 0 Å². The molecule has 0 radical (unpaired) electrons. The van der Waals surface area contributed by atoms with E-state index >= 15 is 0 Å². The molecule has 0 saturated heterocycles. The van der Waals surface area contributed by atoms with Crippen molar-refractivity contribution in [3.05, 3.63) is 43.6 Å². The lowest BCUT2D eigenvalue weighted by Crippen LogP contribution is -2.11. The highest BCUT2D eigenvalue weighted by atomic mass is 79.9. The molecule has 2 rings (SSSR count). The molecule has 1 N–H and O–H groups in total. The van der Waals surface area contributed by atoms with Gasteiger partial charge in [-0.05, 0) is 15.9 Å². The molecule has 0 saturated carbocycles. The Morgan fingerprint density at radius 2 is 2.37 bits per heavy atom. The van der Waals surface area contributed by atoms with Gasteiger partial charge in [0, 0.05) is 30.2 Å². The summed E-state index contributed by atoms with van der Waals surface area (Å²) in [5.74, 6) is 0.180. The van der Waals surface area contributed by atoms with E-state index in [1.54, 1.807) is 17.5 Å². The van der Waals surface area contributed by atoms with Crippen LogP contribution < -0.4 is 5.32 Å². The monoisotopic (exact) mass is 342 g/mol. The number of nitrogens with one attached hydrogen (secondary N) is 1. The van der Waals surface area contributed by atoms with Gasteiger partial charge in [0.25, 0.3) is 0 Å². The fourth-order valence-corrected chi connectivity index (χ4v) is 2.72. The van der Waals surface area contributed by atoms with Gasteiger partial charge >= 0.3 is 5.69 Å². The van der Waals surface area contributed by atoms with Crippen molar-refractivity contribution >= 4 is 38.6 Å². The predicted molar refractivity (Wildman–Crippen MR) is 77.6 cm³/mol. The minimum atomic E-state index is -0.450. The van der Waals surface area contributed by atoms with Crippen molar-refractivity contribution in [2.24, 2.45) is 0 Å². The van der Waals surface area contributed by atoms with Gasteiger partial charge in [-0.15, -0.1) is 11.3 Å². The van der Waals surface area contributed by atoms with Crippen LogP contribution in [0.1, 0.15) is 17.8 Å². The normalized spacial score (nSPS) is 12.1. The number of thiazole rings is 1. The molecule has 100 valence electrons. The lowest BCUT2D eigenvalue weighted by atomic mass is 10.2. The van der Waals surface area contributed by atoms with E-state index < -0.39 is 4.92 Å². The summed E-state index contributed by atoms with van der Waals surface area (Å²) in [5.41, 5.74) is 0.407. The molecule has 0 fully saturated rings. The van der Waals surface area contributed by atoms with Gasteiger partial charge in [-0.3, -0.25) is 15.1 Å². The molecular weight excluding hydrogens is 332 g/mol. The predicted octanol–water partition coefficient (Wildman–Crippen LogP) is 3.42. The molecular formula is C11H11BrN4O2S. The molecule has 1 atom stereocenters. The topological polar surface area (TPSA) is 81.0 Å². The Morgan fingerprint density at radius 1 is 1.58 bits per heavy atom. The summed E-state index contributed by atoms with van der Waals surface area (Å²) in [5, 5.41) is 16.9. The zero-order valence-electron chi connectivity index (χ0n) is 10.0. The summed E-state index contributed by atoms with van der Waals surface area (Å²) in [6.07, 6.45) is 4.52. The van der Waals surface area contributed by atoms with Crippen molar-refractivity contribution in [1.82, 2.24) is 9.97 Å². The molecule has 0 bridgehead atoms. The van der Waals surface area contributed by atoms with Crippen LogP contribution in [0.4, 0.5) is 11.4 Å². The van der Waals surface area contributed by atoms with Crippen molar-refractivity contribution in [3.8, 4) is 0 Å². The highest BCUT2D eigenvalue weighted by Gasteiger charge is 2.18. The average molecular weight is 343 g/mol. The third-order valence-corrected chi connectivity index (χ3v) is 4.14. The molecule has 0 aromatic carbocycles. The standard InChI is InChI=1S/C11H11BrN4O2S/c1-7(11-14-2-3-19-11)4-15-10-8(12)5-13-6-9(10)16(17)18/h2-3,5-7H,4H2,1H3,(H,13,15). The number of anilines is 1. The van der Waals surface area contributed by atoms with E-state index in [9.17, 15) is 10.1 Å². The third kappa shape index (κ3) is 3.27. The summed E-state index contributed by atoms with van der Waals surface area (Å²) in [4.78, 5) is 18.5. The molecule has 6 nitrogen and oxygen atoms in total. The Hall–Kier alpha value is -1.54. The Bertz CT molecular complexity index is 576. The highest BCUT2D eigenvalue weighted by Crippen LogP contribution is 2.31. The zero-order chi connectivity index (χ0) is 13.8. The second kappa shape index (κ2) is 6.07. The van der Waals surface area contributed by atoms with E-state index in [0.29, 0.717) is 16.7 Å². The number of hydrogen-bond donors (Lipinski definition) is 1. The van der Waals surface area contributed by atoms with Crippen LogP contribution in [0.25, 0.3) is 0 Å². The number of pyridine rings is 1. The number of rotatable bonds is 5. The van der Waals surface area contributed by atoms with Crippen LogP contribution in [0.2, 0.25) is 0 Å². The smallest absolute Gasteiger partial charge is 0.311 e. The van der Waals surface area contributed by atoms with Crippen LogP contribution >= 0.6 is 27.3 Å². The maximum atomic E-state index is 10.9. The summed E-state index contributed by atoms with van der Waals surface area (Å²) >= 11 is 4.84. The Kier molecular flexibility index (Phi) is 4.43. The van der Waals surface area contributed by atoms with E-state index in [1.165, 1.54) is 12.4 Å². The Morgan fingerprint density at radius 3 is 3.00 bits per heavy atom. The van der Waals surface area contributed by atoms with Crippen LogP contribution in [-0.2, 0) is 0 Å². The minimum absolute atomic E-state index is 0.0410. The molecule has 2 aromatic heterocycles. The Labute approximate surface area is 122 Å². The summed E-state index contributed by atoms with van der Waals surface area (Å²) in [7, 11) is 0. The van der Waals surface area contributed by atoms with E-state index in [2.05, 4.69) is 31.2 Å². The molecule has 0 amide bonds. The first-order valence-electron chi connectivity index (χ1n) is 5.50. The van der Waals surface area contributed by atoms with Crippen molar-refractivity contribution < 1.29 is 4.92 Å². The minimum Gasteiger partial charge on any atom is -0.378 e. The second-order valence-corrected chi connectivity index (χ2v) is 5.71. The largest absolute Gasteiger partial charge is 0.378 e. The fourth-order valence-electron chi connectivity index (χ4n) is 1.56. The fraction of sp³-hybridized carbons (Fsp3) is 0.273. The van der Waals surface area contributed by atoms with Crippen molar-refractivity contribution in [2.45, 2.75) is 12.8 Å². The molecule has 1 unspecified atom stereocenters. The van der Waals surface area contributed by atoms with Crippen molar-refractivity contribution in [3.63, 3.8) is 0 Å². The molecule has 8 heteroatoms. The zero-order valence-corrected chi connectivity index (χ0v) is 12.4. The molecule has 2 heterocycles. The molecule has 0 spiro atoms. The lowest BCUT2D eigenvalue weighted by molar-refractivity contribution is -0.384. The maximum Gasteiger partial charge on any atom is 0.311 e. The summed E-state index contributed by atoms with van der Waals surface area (Å²) in [6, 6.07) is 0. The lowest BCUT2D eigenvalue weighted by Gasteiger charge is -2.12.